The van der Waals surface area contributed by atoms with Gasteiger partial charge in [-0.05, 0) is 29.3 Å². The molecule has 3 heteroatoms. The van der Waals surface area contributed by atoms with Gasteiger partial charge in [0.05, 0.1) is 12.5 Å². The Kier molecular flexibility index (Phi) is 1.93. The molecule has 0 aliphatic carbocycles. The number of ether oxygens (including phenoxy) is 1. The first-order valence-corrected chi connectivity index (χ1v) is 4.27. The number of hydrogen-bond donors (Lipinski definition) is 0. The van der Waals surface area contributed by atoms with E-state index in [-0.39, 0.29) is 0 Å². The molecule has 2 aromatic rings. The van der Waals surface area contributed by atoms with E-state index >= 15 is 0 Å². The summed E-state index contributed by atoms with van der Waals surface area (Å²) in [5.41, 5.74) is 2.03. The predicted octanol–water partition coefficient (Wildman–Crippen LogP) is 2.40. The van der Waals surface area contributed by atoms with E-state index in [2.05, 4.69) is 12.1 Å². The van der Waals surface area contributed by atoms with Crippen molar-refractivity contribution in [1.29, 1.82) is 0 Å². The van der Waals surface area contributed by atoms with Gasteiger partial charge >= 0.3 is 0 Å². The van der Waals surface area contributed by atoms with Crippen molar-refractivity contribution in [2.24, 2.45) is 0 Å². The molecule has 0 unspecified atom stereocenters. The molecule has 0 radical (unpaired) electrons. The van der Waals surface area contributed by atoms with Crippen LogP contribution in [0.15, 0.2) is 22.7 Å². The Bertz CT molecular complexity index is 420. The van der Waals surface area contributed by atoms with E-state index in [1.54, 1.807) is 7.11 Å². The lowest BCUT2D eigenvalue weighted by atomic mass is 10.1. The van der Waals surface area contributed by atoms with Gasteiger partial charge in [0.15, 0.2) is 5.58 Å². The fourth-order valence-corrected chi connectivity index (χ4v) is 1.33. The van der Waals surface area contributed by atoms with Crippen LogP contribution < -0.4 is 4.74 Å². The van der Waals surface area contributed by atoms with E-state index in [1.165, 1.54) is 5.56 Å². The minimum absolute atomic E-state index is 0.560. The molecule has 0 amide bonds. The third-order valence-corrected chi connectivity index (χ3v) is 2.10. The number of nitrogens with zero attached hydrogens (tertiary/aromatic N) is 1. The smallest absolute Gasteiger partial charge is 0.261 e. The Hall–Kier alpha value is -1.51. The van der Waals surface area contributed by atoms with Crippen molar-refractivity contribution in [2.75, 3.05) is 7.11 Å². The molecule has 0 atom stereocenters. The monoisotopic (exact) mass is 177 g/mol. The van der Waals surface area contributed by atoms with Crippen LogP contribution in [0.4, 0.5) is 0 Å². The van der Waals surface area contributed by atoms with E-state index in [0.717, 1.165) is 17.4 Å². The van der Waals surface area contributed by atoms with E-state index in [4.69, 9.17) is 9.26 Å². The summed E-state index contributed by atoms with van der Waals surface area (Å²) in [5, 5.41) is 4.74. The minimum Gasteiger partial charge on any atom is -0.478 e. The van der Waals surface area contributed by atoms with Gasteiger partial charge in [0.25, 0.3) is 5.88 Å². The minimum atomic E-state index is 0.560. The van der Waals surface area contributed by atoms with E-state index in [0.29, 0.717) is 5.88 Å². The summed E-state index contributed by atoms with van der Waals surface area (Å²) in [6, 6.07) is 6.00. The van der Waals surface area contributed by atoms with Gasteiger partial charge in [-0.25, -0.2) is 0 Å². The highest BCUT2D eigenvalue weighted by atomic mass is 16.5. The number of hydrogen-bond acceptors (Lipinski definition) is 3. The van der Waals surface area contributed by atoms with Crippen molar-refractivity contribution in [3.05, 3.63) is 23.8 Å². The number of fused-ring (bicyclic) bond motifs is 1. The van der Waals surface area contributed by atoms with Crippen LogP contribution in [0.1, 0.15) is 12.5 Å². The summed E-state index contributed by atoms with van der Waals surface area (Å²) in [6.07, 6.45) is 1.00. The largest absolute Gasteiger partial charge is 0.478 e. The SMILES string of the molecule is CCc1ccc2onc(OC)c2c1. The van der Waals surface area contributed by atoms with E-state index < -0.39 is 0 Å². The number of rotatable bonds is 2. The lowest BCUT2D eigenvalue weighted by Gasteiger charge is -1.95. The predicted molar refractivity (Wildman–Crippen MR) is 49.9 cm³/mol. The van der Waals surface area contributed by atoms with Gasteiger partial charge in [-0.2, -0.15) is 0 Å². The summed E-state index contributed by atoms with van der Waals surface area (Å²) >= 11 is 0. The fraction of sp³-hybridized carbons (Fsp3) is 0.300. The van der Waals surface area contributed by atoms with E-state index in [9.17, 15) is 0 Å². The van der Waals surface area contributed by atoms with Crippen molar-refractivity contribution in [3.8, 4) is 5.88 Å². The molecule has 0 saturated heterocycles. The van der Waals surface area contributed by atoms with Gasteiger partial charge in [-0.1, -0.05) is 13.0 Å². The summed E-state index contributed by atoms with van der Waals surface area (Å²) in [7, 11) is 1.59. The van der Waals surface area contributed by atoms with Crippen LogP contribution in [-0.4, -0.2) is 12.3 Å². The molecular weight excluding hydrogens is 166 g/mol. The molecule has 0 aliphatic heterocycles. The maximum atomic E-state index is 5.06. The first-order valence-electron chi connectivity index (χ1n) is 4.27. The number of aromatic nitrogens is 1. The Labute approximate surface area is 76.3 Å². The zero-order valence-electron chi connectivity index (χ0n) is 7.70. The van der Waals surface area contributed by atoms with Crippen molar-refractivity contribution in [3.63, 3.8) is 0 Å². The number of benzene rings is 1. The molecule has 3 nitrogen and oxygen atoms in total. The van der Waals surface area contributed by atoms with Gasteiger partial charge < -0.3 is 9.26 Å². The normalized spacial score (nSPS) is 10.6. The standard InChI is InChI=1S/C10H11NO2/c1-3-7-4-5-9-8(6-7)10(12-2)11-13-9/h4-6H,3H2,1-2H3. The van der Waals surface area contributed by atoms with Crippen LogP contribution in [0.5, 0.6) is 5.88 Å². The van der Waals surface area contributed by atoms with Crippen molar-refractivity contribution in [2.45, 2.75) is 13.3 Å². The van der Waals surface area contributed by atoms with Gasteiger partial charge in [0, 0.05) is 0 Å². The molecule has 0 N–H and O–H groups in total. The molecule has 68 valence electrons. The highest BCUT2D eigenvalue weighted by molar-refractivity contribution is 5.82. The lowest BCUT2D eigenvalue weighted by molar-refractivity contribution is 0.350. The molecular formula is C10H11NO2. The first-order chi connectivity index (χ1) is 6.35. The van der Waals surface area contributed by atoms with Crippen LogP contribution in [0.3, 0.4) is 0 Å². The Morgan fingerprint density at radius 2 is 2.31 bits per heavy atom. The zero-order valence-corrected chi connectivity index (χ0v) is 7.70. The fourth-order valence-electron chi connectivity index (χ4n) is 1.33. The maximum Gasteiger partial charge on any atom is 0.261 e. The van der Waals surface area contributed by atoms with Crippen molar-refractivity contribution < 1.29 is 9.26 Å². The van der Waals surface area contributed by atoms with Crippen LogP contribution >= 0.6 is 0 Å². The summed E-state index contributed by atoms with van der Waals surface area (Å²) < 4.78 is 10.1. The third-order valence-electron chi connectivity index (χ3n) is 2.10. The molecule has 0 spiro atoms. The van der Waals surface area contributed by atoms with Crippen molar-refractivity contribution >= 4 is 11.0 Å². The third kappa shape index (κ3) is 1.26. The highest BCUT2D eigenvalue weighted by Crippen LogP contribution is 2.25. The Balaban J connectivity index is 2.64. The lowest BCUT2D eigenvalue weighted by Crippen LogP contribution is -1.83. The Morgan fingerprint density at radius 1 is 1.46 bits per heavy atom. The summed E-state index contributed by atoms with van der Waals surface area (Å²) in [6.45, 7) is 2.11. The quantitative estimate of drug-likeness (QED) is 0.706. The molecule has 0 aliphatic rings. The first kappa shape index (κ1) is 8.10. The second-order valence-electron chi connectivity index (χ2n) is 2.88. The molecule has 0 fully saturated rings. The van der Waals surface area contributed by atoms with E-state index in [1.807, 2.05) is 18.2 Å². The number of aryl methyl sites for hydroxylation is 1. The zero-order chi connectivity index (χ0) is 9.26. The Morgan fingerprint density at radius 3 is 3.00 bits per heavy atom. The van der Waals surface area contributed by atoms with Gasteiger partial charge in [0.1, 0.15) is 0 Å². The number of methoxy groups -OCH3 is 1. The molecule has 2 rings (SSSR count). The average molecular weight is 177 g/mol. The maximum absolute atomic E-state index is 5.06. The summed E-state index contributed by atoms with van der Waals surface area (Å²) in [5.74, 6) is 0.560. The van der Waals surface area contributed by atoms with Gasteiger partial charge in [-0.3, -0.25) is 0 Å². The molecule has 0 bridgehead atoms. The highest BCUT2D eigenvalue weighted by Gasteiger charge is 2.07. The second-order valence-corrected chi connectivity index (χ2v) is 2.88. The van der Waals surface area contributed by atoms with Crippen LogP contribution in [-0.2, 0) is 6.42 Å². The molecule has 1 aromatic heterocycles. The summed E-state index contributed by atoms with van der Waals surface area (Å²) in [4.78, 5) is 0. The van der Waals surface area contributed by atoms with Crippen LogP contribution in [0.25, 0.3) is 11.0 Å². The molecule has 0 saturated carbocycles. The molecule has 1 heterocycles. The topological polar surface area (TPSA) is 35.3 Å². The molecule has 1 aromatic carbocycles. The van der Waals surface area contributed by atoms with Crippen molar-refractivity contribution in [1.82, 2.24) is 5.16 Å². The second kappa shape index (κ2) is 3.09. The van der Waals surface area contributed by atoms with Crippen LogP contribution in [0.2, 0.25) is 0 Å². The van der Waals surface area contributed by atoms with Crippen LogP contribution in [0, 0.1) is 0 Å². The van der Waals surface area contributed by atoms with Gasteiger partial charge in [-0.15, -0.1) is 0 Å². The van der Waals surface area contributed by atoms with Gasteiger partial charge in [0.2, 0.25) is 0 Å². The average Bonchev–Trinajstić information content (AvgIpc) is 2.59. The molecule has 13 heavy (non-hydrogen) atoms.